The average Bonchev–Trinajstić information content (AvgIpc) is 2.36. The Labute approximate surface area is 127 Å². The van der Waals surface area contributed by atoms with E-state index in [1.807, 2.05) is 6.26 Å². The first kappa shape index (κ1) is 14.5. The van der Waals surface area contributed by atoms with Crippen LogP contribution in [0.3, 0.4) is 0 Å². The highest BCUT2D eigenvalue weighted by molar-refractivity contribution is 9.10. The maximum Gasteiger partial charge on any atom is 0.323 e. The number of hydrogen-bond acceptors (Lipinski definition) is 5. The van der Waals surface area contributed by atoms with E-state index in [9.17, 15) is 10.1 Å². The Balaban J connectivity index is 2.66. The lowest BCUT2D eigenvalue weighted by Gasteiger charge is -2.25. The van der Waals surface area contributed by atoms with E-state index in [0.717, 1.165) is 0 Å². The third kappa shape index (κ3) is 2.54. The lowest BCUT2D eigenvalue weighted by atomic mass is 10.1. The Morgan fingerprint density at radius 1 is 1.58 bits per heavy atom. The van der Waals surface area contributed by atoms with Gasteiger partial charge in [-0.05, 0) is 34.3 Å². The van der Waals surface area contributed by atoms with Gasteiger partial charge in [-0.2, -0.15) is 0 Å². The molecule has 1 aliphatic heterocycles. The maximum atomic E-state index is 11.2. The predicted octanol–water partition coefficient (Wildman–Crippen LogP) is 3.56. The van der Waals surface area contributed by atoms with Crippen molar-refractivity contribution in [3.63, 3.8) is 0 Å². The van der Waals surface area contributed by atoms with Gasteiger partial charge >= 0.3 is 5.70 Å². The number of ether oxygens (including phenoxy) is 1. The fourth-order valence-corrected chi connectivity index (χ4v) is 3.66. The molecule has 19 heavy (non-hydrogen) atoms. The molecule has 1 aromatic rings. The minimum absolute atomic E-state index is 0.00309. The van der Waals surface area contributed by atoms with Crippen LogP contribution in [0, 0.1) is 10.1 Å². The molecule has 102 valence electrons. The Morgan fingerprint density at radius 3 is 2.79 bits per heavy atom. The van der Waals surface area contributed by atoms with Gasteiger partial charge in [-0.25, -0.2) is 0 Å². The van der Waals surface area contributed by atoms with E-state index in [4.69, 9.17) is 16.3 Å². The highest BCUT2D eigenvalue weighted by Gasteiger charge is 2.39. The smallest absolute Gasteiger partial charge is 0.323 e. The molecule has 0 saturated heterocycles. The van der Waals surface area contributed by atoms with Gasteiger partial charge in [0.25, 0.3) is 5.88 Å². The molecule has 0 bridgehead atoms. The zero-order valence-electron chi connectivity index (χ0n) is 10.1. The van der Waals surface area contributed by atoms with Gasteiger partial charge in [-0.1, -0.05) is 11.6 Å². The molecule has 8 heteroatoms. The molecule has 0 aliphatic carbocycles. The molecule has 1 N–H and O–H groups in total. The van der Waals surface area contributed by atoms with Crippen LogP contribution in [0.4, 0.5) is 0 Å². The van der Waals surface area contributed by atoms with Gasteiger partial charge in [-0.3, -0.25) is 10.1 Å². The fourth-order valence-electron chi connectivity index (χ4n) is 1.90. The van der Waals surface area contributed by atoms with Crippen molar-refractivity contribution >= 4 is 39.3 Å². The summed E-state index contributed by atoms with van der Waals surface area (Å²) in [5.41, 5.74) is 0.689. The fraction of sp³-hybridized carbons (Fsp3) is 0.273. The van der Waals surface area contributed by atoms with Gasteiger partial charge in [0, 0.05) is 17.6 Å². The van der Waals surface area contributed by atoms with Gasteiger partial charge in [0.1, 0.15) is 11.0 Å². The van der Waals surface area contributed by atoms with Crippen LogP contribution in [-0.4, -0.2) is 18.2 Å². The third-order valence-corrected chi connectivity index (χ3v) is 4.42. The second-order valence-electron chi connectivity index (χ2n) is 3.75. The average molecular weight is 366 g/mol. The first-order chi connectivity index (χ1) is 8.99. The third-order valence-electron chi connectivity index (χ3n) is 2.66. The first-order valence-electron chi connectivity index (χ1n) is 5.25. The van der Waals surface area contributed by atoms with Crippen LogP contribution in [-0.2, 0) is 0 Å². The van der Waals surface area contributed by atoms with Crippen molar-refractivity contribution in [1.29, 1.82) is 0 Å². The number of nitrogens with one attached hydrogen (secondary N) is 1. The number of fused-ring (bicyclic) bond motifs is 1. The Hall–Kier alpha value is -0.920. The molecule has 1 aliphatic rings. The largest absolute Gasteiger partial charge is 0.434 e. The summed E-state index contributed by atoms with van der Waals surface area (Å²) in [6, 6.07) is 3.39. The molecule has 0 aromatic heterocycles. The van der Waals surface area contributed by atoms with Crippen LogP contribution in [0.25, 0.3) is 0 Å². The molecule has 0 amide bonds. The summed E-state index contributed by atoms with van der Waals surface area (Å²) < 4.78 is 6.25. The van der Waals surface area contributed by atoms with Crippen LogP contribution in [0.1, 0.15) is 10.8 Å². The SMILES string of the molecule is CNC1=C([N+](=O)[O-])C(SC)c2cc(Cl)cc(Br)c2O1. The molecule has 1 heterocycles. The highest BCUT2D eigenvalue weighted by Crippen LogP contribution is 2.48. The molecule has 0 spiro atoms. The molecule has 0 radical (unpaired) electrons. The minimum atomic E-state index is -0.434. The van der Waals surface area contributed by atoms with E-state index in [2.05, 4.69) is 21.2 Å². The number of nitrogens with zero attached hydrogens (tertiary/aromatic N) is 1. The second kappa shape index (κ2) is 5.60. The summed E-state index contributed by atoms with van der Waals surface area (Å²) in [5.74, 6) is 0.707. The van der Waals surface area contributed by atoms with Crippen LogP contribution in [0.15, 0.2) is 28.2 Å². The molecule has 1 aromatic carbocycles. The zero-order chi connectivity index (χ0) is 14.2. The quantitative estimate of drug-likeness (QED) is 0.655. The predicted molar refractivity (Wildman–Crippen MR) is 79.1 cm³/mol. The molecule has 1 atom stereocenters. The molecule has 0 fully saturated rings. The second-order valence-corrected chi connectivity index (χ2v) is 5.98. The summed E-state index contributed by atoms with van der Waals surface area (Å²) >= 11 is 10.7. The number of halogens is 2. The summed E-state index contributed by atoms with van der Waals surface area (Å²) in [5, 5.41) is 14.0. The number of rotatable bonds is 3. The Kier molecular flexibility index (Phi) is 4.27. The Bertz CT molecular complexity index is 579. The standard InChI is InChI=1S/C11H10BrClN2O3S/c1-14-11-8(15(16)17)10(19-2)6-3-5(13)4-7(12)9(6)18-11/h3-4,10,14H,1-2H3. The summed E-state index contributed by atoms with van der Waals surface area (Å²) in [7, 11) is 1.59. The van der Waals surface area contributed by atoms with Crippen LogP contribution >= 0.6 is 39.3 Å². The number of benzene rings is 1. The summed E-state index contributed by atoms with van der Waals surface area (Å²) in [4.78, 5) is 10.8. The maximum absolute atomic E-state index is 11.2. The lowest BCUT2D eigenvalue weighted by Crippen LogP contribution is -2.26. The molecular weight excluding hydrogens is 356 g/mol. The number of thioether (sulfide) groups is 1. The van der Waals surface area contributed by atoms with E-state index in [1.165, 1.54) is 11.8 Å². The molecule has 0 saturated carbocycles. The first-order valence-corrected chi connectivity index (χ1v) is 7.71. The molecule has 1 unspecified atom stereocenters. The van der Waals surface area contributed by atoms with E-state index >= 15 is 0 Å². The summed E-state index contributed by atoms with van der Waals surface area (Å²) in [6.45, 7) is 0. The monoisotopic (exact) mass is 364 g/mol. The van der Waals surface area contributed by atoms with Crippen molar-refractivity contribution in [2.75, 3.05) is 13.3 Å². The van der Waals surface area contributed by atoms with Gasteiger partial charge in [0.05, 0.1) is 9.40 Å². The number of hydrogen-bond donors (Lipinski definition) is 1. The lowest BCUT2D eigenvalue weighted by molar-refractivity contribution is -0.431. The van der Waals surface area contributed by atoms with E-state index in [1.54, 1.807) is 19.2 Å². The van der Waals surface area contributed by atoms with Crippen molar-refractivity contribution in [3.05, 3.63) is 48.9 Å². The van der Waals surface area contributed by atoms with Crippen LogP contribution in [0.2, 0.25) is 5.02 Å². The van der Waals surface area contributed by atoms with E-state index in [-0.39, 0.29) is 11.6 Å². The van der Waals surface area contributed by atoms with Crippen molar-refractivity contribution in [3.8, 4) is 5.75 Å². The van der Waals surface area contributed by atoms with Crippen molar-refractivity contribution in [2.24, 2.45) is 0 Å². The van der Waals surface area contributed by atoms with Crippen molar-refractivity contribution in [2.45, 2.75) is 5.25 Å². The molecule has 2 rings (SSSR count). The molecule has 5 nitrogen and oxygen atoms in total. The van der Waals surface area contributed by atoms with Gasteiger partial charge in [-0.15, -0.1) is 11.8 Å². The van der Waals surface area contributed by atoms with Crippen LogP contribution in [0.5, 0.6) is 5.75 Å². The zero-order valence-corrected chi connectivity index (χ0v) is 13.2. The van der Waals surface area contributed by atoms with Crippen molar-refractivity contribution < 1.29 is 9.66 Å². The molecular formula is C11H10BrClN2O3S. The van der Waals surface area contributed by atoms with Gasteiger partial charge < -0.3 is 10.1 Å². The van der Waals surface area contributed by atoms with E-state index in [0.29, 0.717) is 20.8 Å². The Morgan fingerprint density at radius 2 is 2.26 bits per heavy atom. The number of nitro groups is 1. The van der Waals surface area contributed by atoms with Gasteiger partial charge in [0.15, 0.2) is 0 Å². The highest BCUT2D eigenvalue weighted by atomic mass is 79.9. The van der Waals surface area contributed by atoms with Crippen molar-refractivity contribution in [1.82, 2.24) is 5.32 Å². The topological polar surface area (TPSA) is 64.4 Å². The van der Waals surface area contributed by atoms with E-state index < -0.39 is 10.2 Å². The normalized spacial score (nSPS) is 17.8. The minimum Gasteiger partial charge on any atom is -0.434 e. The summed E-state index contributed by atoms with van der Waals surface area (Å²) in [6.07, 6.45) is 1.81. The van der Waals surface area contributed by atoms with Gasteiger partial charge in [0.2, 0.25) is 0 Å². The van der Waals surface area contributed by atoms with Crippen LogP contribution < -0.4 is 10.1 Å².